The van der Waals surface area contributed by atoms with Gasteiger partial charge in [0.15, 0.2) is 9.84 Å². The zero-order chi connectivity index (χ0) is 15.3. The molecule has 1 N–H and O–H groups in total. The molecule has 1 amide bonds. The van der Waals surface area contributed by atoms with Crippen LogP contribution < -0.4 is 5.32 Å². The van der Waals surface area contributed by atoms with Crippen LogP contribution in [0.3, 0.4) is 0 Å². The Morgan fingerprint density at radius 1 is 1.19 bits per heavy atom. The van der Waals surface area contributed by atoms with Crippen molar-refractivity contribution in [1.82, 2.24) is 5.32 Å². The van der Waals surface area contributed by atoms with Crippen molar-refractivity contribution in [2.45, 2.75) is 11.3 Å². The summed E-state index contributed by atoms with van der Waals surface area (Å²) in [6.07, 6.45) is 0.276. The van der Waals surface area contributed by atoms with Crippen molar-refractivity contribution in [1.29, 1.82) is 0 Å². The predicted molar refractivity (Wildman–Crippen MR) is 84.5 cm³/mol. The van der Waals surface area contributed by atoms with Crippen molar-refractivity contribution in [3.63, 3.8) is 0 Å². The van der Waals surface area contributed by atoms with Crippen molar-refractivity contribution in [2.24, 2.45) is 0 Å². The first-order chi connectivity index (χ1) is 9.97. The van der Waals surface area contributed by atoms with E-state index in [-0.39, 0.29) is 29.5 Å². The van der Waals surface area contributed by atoms with Gasteiger partial charge in [0.25, 0.3) is 0 Å². The Bertz CT molecular complexity index is 694. The number of carbonyl (C=O) groups is 1. The van der Waals surface area contributed by atoms with E-state index in [1.54, 1.807) is 0 Å². The first-order valence-corrected chi connectivity index (χ1v) is 9.16. The molecular weight excluding hydrogens is 330 g/mol. The lowest BCUT2D eigenvalue weighted by Crippen LogP contribution is -2.30. The number of benzene rings is 1. The maximum atomic E-state index is 12.0. The van der Waals surface area contributed by atoms with Crippen molar-refractivity contribution in [3.05, 3.63) is 51.7 Å². The summed E-state index contributed by atoms with van der Waals surface area (Å²) < 4.78 is 24.1. The highest BCUT2D eigenvalue weighted by Gasteiger charge is 2.14. The molecule has 0 saturated heterocycles. The minimum absolute atomic E-state index is 0.0924. The summed E-state index contributed by atoms with van der Waals surface area (Å²) >= 11 is 7.22. The van der Waals surface area contributed by atoms with E-state index >= 15 is 0 Å². The third-order valence-corrected chi connectivity index (χ3v) is 5.64. The Hall–Kier alpha value is -1.37. The number of rotatable bonds is 6. The fraction of sp³-hybridized carbons (Fsp3) is 0.214. The average molecular weight is 344 g/mol. The molecule has 0 aliphatic heterocycles. The van der Waals surface area contributed by atoms with Gasteiger partial charge in [-0.2, -0.15) is 0 Å². The van der Waals surface area contributed by atoms with Crippen LogP contribution in [0.25, 0.3) is 0 Å². The van der Waals surface area contributed by atoms with Crippen LogP contribution in [-0.4, -0.2) is 26.6 Å². The Morgan fingerprint density at radius 3 is 2.52 bits per heavy atom. The number of nitrogens with one attached hydrogen (secondary N) is 1. The molecule has 1 heterocycles. The average Bonchev–Trinajstić information content (AvgIpc) is 2.91. The molecule has 0 bridgehead atoms. The van der Waals surface area contributed by atoms with Crippen molar-refractivity contribution in [2.75, 3.05) is 12.3 Å². The molecule has 7 heteroatoms. The molecule has 0 unspecified atom stereocenters. The van der Waals surface area contributed by atoms with E-state index in [9.17, 15) is 13.2 Å². The second-order valence-corrected chi connectivity index (χ2v) is 7.96. The first kappa shape index (κ1) is 16.0. The van der Waals surface area contributed by atoms with E-state index in [1.807, 2.05) is 17.5 Å². The van der Waals surface area contributed by atoms with Gasteiger partial charge in [-0.1, -0.05) is 17.7 Å². The van der Waals surface area contributed by atoms with Gasteiger partial charge in [0.05, 0.1) is 17.1 Å². The number of hydrogen-bond acceptors (Lipinski definition) is 4. The van der Waals surface area contributed by atoms with Gasteiger partial charge >= 0.3 is 0 Å². The maximum Gasteiger partial charge on any atom is 0.225 e. The lowest BCUT2D eigenvalue weighted by atomic mass is 10.3. The highest BCUT2D eigenvalue weighted by molar-refractivity contribution is 7.91. The lowest BCUT2D eigenvalue weighted by molar-refractivity contribution is -0.120. The standard InChI is InChI=1S/C14H14ClNO3S2/c15-11-3-5-13(6-4-11)21(18,19)9-7-16-14(17)10-12-2-1-8-20-12/h1-6,8H,7,9-10H2,(H,16,17). The molecule has 0 aliphatic rings. The monoisotopic (exact) mass is 343 g/mol. The highest BCUT2D eigenvalue weighted by atomic mass is 35.5. The third-order valence-electron chi connectivity index (χ3n) is 2.78. The van der Waals surface area contributed by atoms with Gasteiger partial charge in [-0.05, 0) is 35.7 Å². The number of hydrogen-bond donors (Lipinski definition) is 1. The normalized spacial score (nSPS) is 11.3. The third kappa shape index (κ3) is 4.84. The smallest absolute Gasteiger partial charge is 0.225 e. The molecule has 0 spiro atoms. The quantitative estimate of drug-likeness (QED) is 0.876. The van der Waals surface area contributed by atoms with Crippen LogP contribution in [0, 0.1) is 0 Å². The molecule has 21 heavy (non-hydrogen) atoms. The molecule has 4 nitrogen and oxygen atoms in total. The minimum atomic E-state index is -3.41. The largest absolute Gasteiger partial charge is 0.355 e. The minimum Gasteiger partial charge on any atom is -0.355 e. The van der Waals surface area contributed by atoms with Gasteiger partial charge in [0, 0.05) is 16.4 Å². The van der Waals surface area contributed by atoms with Gasteiger partial charge in [0.2, 0.25) is 5.91 Å². The fourth-order valence-corrected chi connectivity index (χ4v) is 3.71. The van der Waals surface area contributed by atoms with E-state index in [4.69, 9.17) is 11.6 Å². The van der Waals surface area contributed by atoms with Crippen LogP contribution in [0.4, 0.5) is 0 Å². The summed E-state index contributed by atoms with van der Waals surface area (Å²) in [5.41, 5.74) is 0. The van der Waals surface area contributed by atoms with E-state index in [0.717, 1.165) is 4.88 Å². The topological polar surface area (TPSA) is 63.2 Å². The molecule has 2 aromatic rings. The van der Waals surface area contributed by atoms with E-state index < -0.39 is 9.84 Å². The molecule has 0 atom stereocenters. The summed E-state index contributed by atoms with van der Waals surface area (Å²) in [5, 5.41) is 5.00. The Kier molecular flexibility index (Phi) is 5.39. The summed E-state index contributed by atoms with van der Waals surface area (Å²) in [5.74, 6) is -0.311. The van der Waals surface area contributed by atoms with Crippen molar-refractivity contribution in [3.8, 4) is 0 Å². The zero-order valence-electron chi connectivity index (χ0n) is 11.1. The lowest BCUT2D eigenvalue weighted by Gasteiger charge is -2.06. The Balaban J connectivity index is 1.84. The van der Waals surface area contributed by atoms with Crippen molar-refractivity contribution >= 4 is 38.7 Å². The van der Waals surface area contributed by atoms with Crippen LogP contribution in [0.1, 0.15) is 4.88 Å². The van der Waals surface area contributed by atoms with E-state index in [1.165, 1.54) is 35.6 Å². The number of carbonyl (C=O) groups excluding carboxylic acids is 1. The molecule has 0 fully saturated rings. The van der Waals surface area contributed by atoms with E-state index in [0.29, 0.717) is 5.02 Å². The van der Waals surface area contributed by atoms with Gasteiger partial charge in [-0.15, -0.1) is 11.3 Å². The van der Waals surface area contributed by atoms with Crippen molar-refractivity contribution < 1.29 is 13.2 Å². The van der Waals surface area contributed by atoms with E-state index in [2.05, 4.69) is 5.32 Å². The molecular formula is C14H14ClNO3S2. The SMILES string of the molecule is O=C(Cc1cccs1)NCCS(=O)(=O)c1ccc(Cl)cc1. The second-order valence-electron chi connectivity index (χ2n) is 4.38. The maximum absolute atomic E-state index is 12.0. The number of halogens is 1. The first-order valence-electron chi connectivity index (χ1n) is 6.25. The van der Waals surface area contributed by atoms with Gasteiger partial charge in [-0.3, -0.25) is 4.79 Å². The van der Waals surface area contributed by atoms with Gasteiger partial charge in [0.1, 0.15) is 0 Å². The van der Waals surface area contributed by atoms with Crippen LogP contribution in [-0.2, 0) is 21.1 Å². The molecule has 0 aliphatic carbocycles. The second kappa shape index (κ2) is 7.06. The molecule has 112 valence electrons. The predicted octanol–water partition coefficient (Wildman–Crippen LogP) is 2.53. The van der Waals surface area contributed by atoms with Crippen LogP contribution in [0.5, 0.6) is 0 Å². The highest BCUT2D eigenvalue weighted by Crippen LogP contribution is 2.15. The van der Waals surface area contributed by atoms with Crippen LogP contribution in [0.2, 0.25) is 5.02 Å². The number of amides is 1. The zero-order valence-corrected chi connectivity index (χ0v) is 13.5. The fourth-order valence-electron chi connectivity index (χ4n) is 1.72. The Labute approximate surface area is 132 Å². The summed E-state index contributed by atoms with van der Waals surface area (Å²) in [6.45, 7) is 0.0924. The molecule has 0 saturated carbocycles. The summed E-state index contributed by atoms with van der Waals surface area (Å²) in [4.78, 5) is 12.8. The summed E-state index contributed by atoms with van der Waals surface area (Å²) in [6, 6.07) is 9.73. The number of sulfone groups is 1. The molecule has 0 radical (unpaired) electrons. The molecule has 1 aromatic heterocycles. The van der Waals surface area contributed by atoms with Crippen LogP contribution in [0.15, 0.2) is 46.7 Å². The van der Waals surface area contributed by atoms with Gasteiger partial charge < -0.3 is 5.32 Å². The molecule has 2 rings (SSSR count). The Morgan fingerprint density at radius 2 is 1.90 bits per heavy atom. The summed E-state index contributed by atoms with van der Waals surface area (Å²) in [7, 11) is -3.41. The number of thiophene rings is 1. The van der Waals surface area contributed by atoms with Crippen LogP contribution >= 0.6 is 22.9 Å². The molecule has 1 aromatic carbocycles. The van der Waals surface area contributed by atoms with Gasteiger partial charge in [-0.25, -0.2) is 8.42 Å².